The molecule has 1 aromatic rings. The molecule has 0 radical (unpaired) electrons. The fraction of sp³-hybridized carbons (Fsp3) is 0.714. The zero-order valence-corrected chi connectivity index (χ0v) is 13.0. The van der Waals surface area contributed by atoms with Crippen molar-refractivity contribution in [3.8, 4) is 0 Å². The quantitative estimate of drug-likeness (QED) is 0.865. The fourth-order valence-corrected chi connectivity index (χ4v) is 4.96. The number of aromatic nitrogens is 1. The maximum atomic E-state index is 10.8. The van der Waals surface area contributed by atoms with Crippen LogP contribution in [0.5, 0.6) is 0 Å². The molecular weight excluding hydrogens is 278 g/mol. The summed E-state index contributed by atoms with van der Waals surface area (Å²) < 4.78 is 0. The van der Waals surface area contributed by atoms with Crippen LogP contribution in [0, 0.1) is 0 Å². The van der Waals surface area contributed by atoms with Gasteiger partial charge in [-0.2, -0.15) is 11.8 Å². The van der Waals surface area contributed by atoms with E-state index in [1.165, 1.54) is 32.1 Å². The highest BCUT2D eigenvalue weighted by Gasteiger charge is 2.16. The third-order valence-electron chi connectivity index (χ3n) is 3.46. The van der Waals surface area contributed by atoms with E-state index in [0.29, 0.717) is 0 Å². The lowest BCUT2D eigenvalue weighted by Crippen LogP contribution is -2.08. The molecule has 0 saturated heterocycles. The van der Waals surface area contributed by atoms with Crippen LogP contribution in [0.15, 0.2) is 0 Å². The number of hydrogen-bond acceptors (Lipinski definition) is 4. The number of carboxylic acid groups (broad SMARTS) is 1. The molecule has 0 aliphatic heterocycles. The summed E-state index contributed by atoms with van der Waals surface area (Å²) in [5.74, 6) is 0.187. The topological polar surface area (TPSA) is 50.2 Å². The molecule has 106 valence electrons. The van der Waals surface area contributed by atoms with Gasteiger partial charge < -0.3 is 5.11 Å². The van der Waals surface area contributed by atoms with E-state index in [4.69, 9.17) is 5.11 Å². The Hall–Kier alpha value is -0.550. The van der Waals surface area contributed by atoms with E-state index in [1.54, 1.807) is 11.3 Å². The predicted octanol–water partition coefficient (Wildman–Crippen LogP) is 3.90. The average molecular weight is 299 g/mol. The molecule has 0 amide bonds. The van der Waals surface area contributed by atoms with Gasteiger partial charge in [-0.3, -0.25) is 4.79 Å². The van der Waals surface area contributed by atoms with E-state index >= 15 is 0 Å². The molecule has 1 saturated carbocycles. The zero-order valence-electron chi connectivity index (χ0n) is 11.4. The first-order valence-electron chi connectivity index (χ1n) is 7.00. The van der Waals surface area contributed by atoms with Crippen molar-refractivity contribution in [3.63, 3.8) is 0 Å². The highest BCUT2D eigenvalue weighted by Crippen LogP contribution is 2.32. The minimum Gasteiger partial charge on any atom is -0.481 e. The van der Waals surface area contributed by atoms with Crippen molar-refractivity contribution in [2.45, 2.75) is 62.9 Å². The number of thioether (sulfide) groups is 1. The van der Waals surface area contributed by atoms with Gasteiger partial charge in [0.15, 0.2) is 0 Å². The molecule has 19 heavy (non-hydrogen) atoms. The average Bonchev–Trinajstić information content (AvgIpc) is 2.79. The highest BCUT2D eigenvalue weighted by molar-refractivity contribution is 7.99. The maximum absolute atomic E-state index is 10.8. The van der Waals surface area contributed by atoms with E-state index in [2.05, 4.69) is 4.98 Å². The second kappa shape index (κ2) is 7.29. The van der Waals surface area contributed by atoms with Crippen LogP contribution in [-0.2, 0) is 23.4 Å². The first kappa shape index (κ1) is 14.9. The number of carbonyl (C=O) groups is 1. The van der Waals surface area contributed by atoms with Crippen LogP contribution in [0.25, 0.3) is 0 Å². The molecule has 0 aromatic carbocycles. The van der Waals surface area contributed by atoms with Gasteiger partial charge in [0, 0.05) is 15.9 Å². The number of aliphatic carboxylic acids is 1. The van der Waals surface area contributed by atoms with Crippen LogP contribution >= 0.6 is 23.1 Å². The van der Waals surface area contributed by atoms with Gasteiger partial charge in [-0.25, -0.2) is 4.98 Å². The molecule has 2 rings (SSSR count). The number of thiazole rings is 1. The van der Waals surface area contributed by atoms with Gasteiger partial charge in [0.05, 0.1) is 12.1 Å². The molecule has 1 heterocycles. The summed E-state index contributed by atoms with van der Waals surface area (Å²) in [5, 5.41) is 10.8. The molecule has 1 aliphatic carbocycles. The first-order chi connectivity index (χ1) is 9.19. The molecule has 1 aliphatic rings. The normalized spacial score (nSPS) is 16.7. The molecule has 3 nitrogen and oxygen atoms in total. The van der Waals surface area contributed by atoms with Gasteiger partial charge >= 0.3 is 5.97 Å². The van der Waals surface area contributed by atoms with Crippen LogP contribution in [0.3, 0.4) is 0 Å². The molecule has 0 bridgehead atoms. The molecule has 0 unspecified atom stereocenters. The number of hydrogen-bond donors (Lipinski definition) is 1. The monoisotopic (exact) mass is 299 g/mol. The largest absolute Gasteiger partial charge is 0.481 e. The van der Waals surface area contributed by atoms with Crippen molar-refractivity contribution in [1.82, 2.24) is 4.98 Å². The molecule has 1 fully saturated rings. The van der Waals surface area contributed by atoms with Crippen LogP contribution < -0.4 is 0 Å². The minimum atomic E-state index is -0.759. The third kappa shape index (κ3) is 4.49. The van der Waals surface area contributed by atoms with Crippen LogP contribution in [0.1, 0.15) is 54.6 Å². The van der Waals surface area contributed by atoms with E-state index in [-0.39, 0.29) is 6.42 Å². The van der Waals surface area contributed by atoms with E-state index < -0.39 is 5.97 Å². The van der Waals surface area contributed by atoms with Crippen molar-refractivity contribution < 1.29 is 9.90 Å². The van der Waals surface area contributed by atoms with Gasteiger partial charge in [0.1, 0.15) is 5.01 Å². The fourth-order valence-electron chi connectivity index (χ4n) is 2.47. The predicted molar refractivity (Wildman–Crippen MR) is 81.0 cm³/mol. The van der Waals surface area contributed by atoms with Crippen molar-refractivity contribution in [2.75, 3.05) is 0 Å². The summed E-state index contributed by atoms with van der Waals surface area (Å²) in [4.78, 5) is 16.4. The molecule has 5 heteroatoms. The lowest BCUT2D eigenvalue weighted by molar-refractivity contribution is -0.136. The smallest absolute Gasteiger partial charge is 0.308 e. The van der Waals surface area contributed by atoms with Crippen LogP contribution in [-0.4, -0.2) is 21.3 Å². The zero-order chi connectivity index (χ0) is 13.7. The van der Waals surface area contributed by atoms with E-state index in [9.17, 15) is 4.79 Å². The van der Waals surface area contributed by atoms with Crippen LogP contribution in [0.4, 0.5) is 0 Å². The van der Waals surface area contributed by atoms with Crippen molar-refractivity contribution in [1.29, 1.82) is 0 Å². The number of aryl methyl sites for hydroxylation is 1. The standard InChI is InChI=1S/C14H21NO2S2/c1-2-11-12(8-14(16)17)19-13(15-11)9-18-10-6-4-3-5-7-10/h10H,2-9H2,1H3,(H,16,17). The summed E-state index contributed by atoms with van der Waals surface area (Å²) >= 11 is 3.59. The number of rotatable bonds is 6. The summed E-state index contributed by atoms with van der Waals surface area (Å²) in [5.41, 5.74) is 0.978. The summed E-state index contributed by atoms with van der Waals surface area (Å²) in [6.07, 6.45) is 7.72. The first-order valence-corrected chi connectivity index (χ1v) is 8.86. The second-order valence-electron chi connectivity index (χ2n) is 4.97. The number of carboxylic acids is 1. The Morgan fingerprint density at radius 3 is 2.79 bits per heavy atom. The Morgan fingerprint density at radius 1 is 1.42 bits per heavy atom. The Bertz CT molecular complexity index is 425. The highest BCUT2D eigenvalue weighted by atomic mass is 32.2. The lowest BCUT2D eigenvalue weighted by Gasteiger charge is -2.20. The van der Waals surface area contributed by atoms with E-state index in [0.717, 1.165) is 33.0 Å². The lowest BCUT2D eigenvalue weighted by atomic mass is 10.0. The molecule has 1 N–H and O–H groups in total. The van der Waals surface area contributed by atoms with Gasteiger partial charge in [0.25, 0.3) is 0 Å². The van der Waals surface area contributed by atoms with Crippen molar-refractivity contribution in [2.24, 2.45) is 0 Å². The molecule has 0 spiro atoms. The number of nitrogens with zero attached hydrogens (tertiary/aromatic N) is 1. The summed E-state index contributed by atoms with van der Waals surface area (Å²) in [6.45, 7) is 2.04. The van der Waals surface area contributed by atoms with Crippen molar-refractivity contribution in [3.05, 3.63) is 15.6 Å². The SMILES string of the molecule is CCc1nc(CSC2CCCCC2)sc1CC(=O)O. The summed E-state index contributed by atoms with van der Waals surface area (Å²) in [6, 6.07) is 0. The van der Waals surface area contributed by atoms with Crippen LogP contribution in [0.2, 0.25) is 0 Å². The maximum Gasteiger partial charge on any atom is 0.308 e. The summed E-state index contributed by atoms with van der Waals surface area (Å²) in [7, 11) is 0. The molecular formula is C14H21NO2S2. The Morgan fingerprint density at radius 2 is 2.16 bits per heavy atom. The van der Waals surface area contributed by atoms with Gasteiger partial charge in [0.2, 0.25) is 0 Å². The van der Waals surface area contributed by atoms with Gasteiger partial charge in [-0.1, -0.05) is 26.2 Å². The molecule has 1 aromatic heterocycles. The van der Waals surface area contributed by atoms with E-state index in [1.807, 2.05) is 18.7 Å². The van der Waals surface area contributed by atoms with Gasteiger partial charge in [-0.15, -0.1) is 11.3 Å². The Labute approximate surface area is 122 Å². The Balaban J connectivity index is 1.92. The second-order valence-corrected chi connectivity index (χ2v) is 7.43. The Kier molecular flexibility index (Phi) is 5.70. The third-order valence-corrected chi connectivity index (χ3v) is 6.13. The van der Waals surface area contributed by atoms with Gasteiger partial charge in [-0.05, 0) is 19.3 Å². The van der Waals surface area contributed by atoms with Crippen molar-refractivity contribution >= 4 is 29.1 Å². The molecule has 0 atom stereocenters. The minimum absolute atomic E-state index is 0.120.